The van der Waals surface area contributed by atoms with Gasteiger partial charge in [0.2, 0.25) is 0 Å². The Balaban J connectivity index is 4.62. The van der Waals surface area contributed by atoms with Gasteiger partial charge in [-0.25, -0.2) is 0 Å². The molecule has 0 aromatic rings. The summed E-state index contributed by atoms with van der Waals surface area (Å²) in [6.45, 7) is 11.4. The van der Waals surface area contributed by atoms with Gasteiger partial charge in [0.15, 0.2) is 0 Å². The summed E-state index contributed by atoms with van der Waals surface area (Å²) in [7, 11) is 0. The maximum absolute atomic E-state index is 11.1. The molecule has 0 N–H and O–H groups in total. The molecule has 0 amide bonds. The van der Waals surface area contributed by atoms with Crippen molar-refractivity contribution in [1.29, 1.82) is 0 Å². The van der Waals surface area contributed by atoms with Crippen molar-refractivity contribution in [3.05, 3.63) is 12.0 Å². The second-order valence-corrected chi connectivity index (χ2v) is 7.55. The topological polar surface area (TPSA) is 54.0 Å². The number of hydrogen-bond acceptors (Lipinski definition) is 5. The normalized spacial score (nSPS) is 12.4. The van der Waals surface area contributed by atoms with E-state index in [-0.39, 0.29) is 23.9 Å². The first-order valence-corrected chi connectivity index (χ1v) is 9.57. The monoisotopic (exact) mass is 367 g/mol. The molecule has 0 aliphatic rings. The number of ether oxygens (including phenoxy) is 1. The zero-order chi connectivity index (χ0) is 14.1. The van der Waals surface area contributed by atoms with Gasteiger partial charge in [-0.1, -0.05) is 0 Å². The summed E-state index contributed by atoms with van der Waals surface area (Å²) in [5.41, 5.74) is 0. The Morgan fingerprint density at radius 3 is 2.00 bits per heavy atom. The van der Waals surface area contributed by atoms with Gasteiger partial charge in [-0.15, -0.1) is 0 Å². The summed E-state index contributed by atoms with van der Waals surface area (Å²) < 4.78 is 22.1. The summed E-state index contributed by atoms with van der Waals surface area (Å²) in [5, 5.41) is 0. The molecule has 0 unspecified atom stereocenters. The molecular weight excluding hydrogens is 343 g/mol. The van der Waals surface area contributed by atoms with Crippen LogP contribution < -0.4 is 0 Å². The number of ketones is 1. The van der Waals surface area contributed by atoms with Gasteiger partial charge in [0.05, 0.1) is 0 Å². The number of hydrogen-bond donors (Lipinski definition) is 0. The Kier molecular flexibility index (Phi) is 9.49. The number of carbonyl (C=O) groups excluding carboxylic acids is 1. The van der Waals surface area contributed by atoms with Crippen LogP contribution in [0, 0.1) is 0 Å². The van der Waals surface area contributed by atoms with Crippen LogP contribution in [0.25, 0.3) is 0 Å². The fraction of sp³-hybridized carbons (Fsp3) is 0.750. The van der Waals surface area contributed by atoms with Crippen LogP contribution in [0.1, 0.15) is 41.5 Å². The third kappa shape index (κ3) is 9.73. The van der Waals surface area contributed by atoms with Gasteiger partial charge in [0.1, 0.15) is 0 Å². The molecule has 0 aliphatic carbocycles. The van der Waals surface area contributed by atoms with E-state index in [2.05, 4.69) is 0 Å². The number of allylic oxidation sites excluding steroid dienone is 1. The van der Waals surface area contributed by atoms with E-state index in [0.717, 1.165) is 0 Å². The Morgan fingerprint density at radius 1 is 1.17 bits per heavy atom. The number of rotatable bonds is 9. The summed E-state index contributed by atoms with van der Waals surface area (Å²) >= 11 is -2.95. The summed E-state index contributed by atoms with van der Waals surface area (Å²) in [4.78, 5) is 11.1. The molecule has 0 aromatic carbocycles. The van der Waals surface area contributed by atoms with Crippen molar-refractivity contribution in [2.24, 2.45) is 0 Å². The van der Waals surface area contributed by atoms with E-state index in [1.165, 1.54) is 13.0 Å². The molecular formula is C12H23O5Sn. The first kappa shape index (κ1) is 17.7. The molecule has 0 spiro atoms. The van der Waals surface area contributed by atoms with Gasteiger partial charge in [-0.05, 0) is 0 Å². The van der Waals surface area contributed by atoms with E-state index in [1.807, 2.05) is 34.6 Å². The summed E-state index contributed by atoms with van der Waals surface area (Å²) in [5.74, 6) is 0.0657. The third-order valence-electron chi connectivity index (χ3n) is 1.46. The van der Waals surface area contributed by atoms with Crippen LogP contribution in [-0.2, 0) is 18.8 Å². The minimum absolute atomic E-state index is 0.0263. The molecule has 6 heteroatoms. The molecule has 0 bridgehead atoms. The van der Waals surface area contributed by atoms with Crippen LogP contribution in [0.2, 0.25) is 0 Å². The zero-order valence-electron chi connectivity index (χ0n) is 12.0. The van der Waals surface area contributed by atoms with Crippen molar-refractivity contribution in [3.8, 4) is 0 Å². The molecule has 18 heavy (non-hydrogen) atoms. The fourth-order valence-corrected chi connectivity index (χ4v) is 4.39. The van der Waals surface area contributed by atoms with Crippen molar-refractivity contribution < 1.29 is 18.8 Å². The Hall–Kier alpha value is -0.271. The van der Waals surface area contributed by atoms with Crippen LogP contribution in [-0.4, -0.2) is 45.6 Å². The van der Waals surface area contributed by atoms with Crippen molar-refractivity contribution in [3.63, 3.8) is 0 Å². The summed E-state index contributed by atoms with van der Waals surface area (Å²) in [6.07, 6.45) is 1.37. The molecule has 0 saturated carbocycles. The van der Waals surface area contributed by atoms with Crippen LogP contribution in [0.5, 0.6) is 0 Å². The van der Waals surface area contributed by atoms with E-state index in [0.29, 0.717) is 6.61 Å². The second kappa shape index (κ2) is 9.63. The zero-order valence-corrected chi connectivity index (χ0v) is 14.8. The Morgan fingerprint density at radius 2 is 1.67 bits per heavy atom. The molecule has 0 aromatic heterocycles. The average Bonchev–Trinajstić information content (AvgIpc) is 2.13. The molecule has 0 rings (SSSR count). The molecule has 1 radical (unpaired) electrons. The predicted octanol–water partition coefficient (Wildman–Crippen LogP) is 2.30. The van der Waals surface area contributed by atoms with Crippen LogP contribution >= 0.6 is 0 Å². The van der Waals surface area contributed by atoms with E-state index in [4.69, 9.17) is 14.0 Å². The molecule has 0 saturated heterocycles. The molecule has 105 valence electrons. The summed E-state index contributed by atoms with van der Waals surface area (Å²) in [6, 6.07) is 0. The van der Waals surface area contributed by atoms with Crippen LogP contribution in [0.3, 0.4) is 0 Å². The van der Waals surface area contributed by atoms with Gasteiger partial charge in [0.25, 0.3) is 0 Å². The van der Waals surface area contributed by atoms with Crippen LogP contribution in [0.15, 0.2) is 12.0 Å². The third-order valence-corrected chi connectivity index (χ3v) is 6.29. The molecule has 0 aliphatic heterocycles. The van der Waals surface area contributed by atoms with E-state index in [1.54, 1.807) is 0 Å². The van der Waals surface area contributed by atoms with Crippen molar-refractivity contribution in [2.45, 2.75) is 53.8 Å². The SMILES string of the molecule is CCO/C(=C/C(C)=O)[O][Sn]([O]C(C)C)[O]C(C)C. The van der Waals surface area contributed by atoms with Gasteiger partial charge in [-0.2, -0.15) is 0 Å². The minimum atomic E-state index is -2.95. The van der Waals surface area contributed by atoms with E-state index < -0.39 is 21.0 Å². The maximum atomic E-state index is 11.1. The fourth-order valence-electron chi connectivity index (χ4n) is 0.952. The van der Waals surface area contributed by atoms with Crippen molar-refractivity contribution in [2.75, 3.05) is 6.61 Å². The van der Waals surface area contributed by atoms with E-state index >= 15 is 0 Å². The Labute approximate surface area is 118 Å². The second-order valence-electron chi connectivity index (χ2n) is 4.19. The van der Waals surface area contributed by atoms with E-state index in [9.17, 15) is 4.79 Å². The quantitative estimate of drug-likeness (QED) is 0.356. The molecule has 5 nitrogen and oxygen atoms in total. The molecule has 0 heterocycles. The van der Waals surface area contributed by atoms with Crippen molar-refractivity contribution in [1.82, 2.24) is 0 Å². The molecule has 0 fully saturated rings. The van der Waals surface area contributed by atoms with Crippen LogP contribution in [0.4, 0.5) is 0 Å². The molecule has 0 atom stereocenters. The first-order chi connectivity index (χ1) is 8.35. The first-order valence-electron chi connectivity index (χ1n) is 6.08. The Bertz CT molecular complexity index is 266. The van der Waals surface area contributed by atoms with Gasteiger partial charge < -0.3 is 0 Å². The standard InChI is InChI=1S/C6H10O3.2C3H7O.Sn/c1-3-9-6(8)4-5(2)7;2*1-3(2)4;/h4,8H,3H2,1-2H3;2*3H,1-2H3;/q;2*-1;+3/p-1/b6-4+;;;. The number of carbonyl (C=O) groups is 1. The predicted molar refractivity (Wildman–Crippen MR) is 69.7 cm³/mol. The van der Waals surface area contributed by atoms with Gasteiger partial charge >= 0.3 is 118 Å². The van der Waals surface area contributed by atoms with Gasteiger partial charge in [0, 0.05) is 0 Å². The average molecular weight is 366 g/mol. The van der Waals surface area contributed by atoms with Gasteiger partial charge in [-0.3, -0.25) is 0 Å². The van der Waals surface area contributed by atoms with Crippen molar-refractivity contribution >= 4 is 26.8 Å².